The SMILES string of the molecule is CCCNCc1c(C)nc(CS(C)(=O)=O)nc1C. The predicted octanol–water partition coefficient (Wildman–Crippen LogP) is 1.14. The molecule has 0 aliphatic heterocycles. The zero-order chi connectivity index (χ0) is 13.8. The Labute approximate surface area is 109 Å². The number of hydrogen-bond donors (Lipinski definition) is 1. The zero-order valence-electron chi connectivity index (χ0n) is 11.4. The summed E-state index contributed by atoms with van der Waals surface area (Å²) in [5, 5.41) is 3.30. The molecule has 0 aliphatic carbocycles. The summed E-state index contributed by atoms with van der Waals surface area (Å²) in [7, 11) is -3.09. The molecule has 0 aromatic carbocycles. The van der Waals surface area contributed by atoms with Crippen molar-refractivity contribution in [3.63, 3.8) is 0 Å². The third-order valence-corrected chi connectivity index (χ3v) is 3.37. The summed E-state index contributed by atoms with van der Waals surface area (Å²) in [6.07, 6.45) is 2.27. The fraction of sp³-hybridized carbons (Fsp3) is 0.667. The predicted molar refractivity (Wildman–Crippen MR) is 72.1 cm³/mol. The minimum Gasteiger partial charge on any atom is -0.313 e. The van der Waals surface area contributed by atoms with Crippen molar-refractivity contribution in [1.82, 2.24) is 15.3 Å². The second-order valence-electron chi connectivity index (χ2n) is 4.54. The van der Waals surface area contributed by atoms with Crippen LogP contribution in [0.1, 0.15) is 36.1 Å². The molecule has 102 valence electrons. The third kappa shape index (κ3) is 4.70. The fourth-order valence-corrected chi connectivity index (χ4v) is 2.35. The van der Waals surface area contributed by atoms with Crippen LogP contribution in [0.15, 0.2) is 0 Å². The van der Waals surface area contributed by atoms with Gasteiger partial charge in [0.05, 0.1) is 0 Å². The molecule has 0 saturated carbocycles. The largest absolute Gasteiger partial charge is 0.313 e. The van der Waals surface area contributed by atoms with Crippen LogP contribution in [-0.4, -0.2) is 31.2 Å². The first kappa shape index (κ1) is 15.0. The van der Waals surface area contributed by atoms with Crippen LogP contribution < -0.4 is 5.32 Å². The lowest BCUT2D eigenvalue weighted by atomic mass is 10.1. The van der Waals surface area contributed by atoms with E-state index in [4.69, 9.17) is 0 Å². The Morgan fingerprint density at radius 3 is 2.17 bits per heavy atom. The third-order valence-electron chi connectivity index (χ3n) is 2.59. The Balaban J connectivity index is 2.90. The van der Waals surface area contributed by atoms with Gasteiger partial charge >= 0.3 is 0 Å². The van der Waals surface area contributed by atoms with Crippen LogP contribution in [0.3, 0.4) is 0 Å². The van der Waals surface area contributed by atoms with Crippen LogP contribution in [-0.2, 0) is 22.1 Å². The smallest absolute Gasteiger partial charge is 0.154 e. The Bertz CT molecular complexity index is 489. The molecule has 1 N–H and O–H groups in total. The van der Waals surface area contributed by atoms with E-state index in [0.717, 1.165) is 36.5 Å². The molecule has 6 heteroatoms. The summed E-state index contributed by atoms with van der Waals surface area (Å²) in [4.78, 5) is 8.54. The highest BCUT2D eigenvalue weighted by atomic mass is 32.2. The van der Waals surface area contributed by atoms with Crippen LogP contribution >= 0.6 is 0 Å². The van der Waals surface area contributed by atoms with Crippen LogP contribution in [0.2, 0.25) is 0 Å². The van der Waals surface area contributed by atoms with E-state index in [1.165, 1.54) is 6.26 Å². The maximum Gasteiger partial charge on any atom is 0.154 e. The summed E-state index contributed by atoms with van der Waals surface area (Å²) in [6, 6.07) is 0. The molecule has 0 unspecified atom stereocenters. The number of aryl methyl sites for hydroxylation is 2. The Hall–Kier alpha value is -1.01. The molecule has 0 fully saturated rings. The average molecular weight is 271 g/mol. The lowest BCUT2D eigenvalue weighted by Crippen LogP contribution is -2.18. The first-order valence-corrected chi connectivity index (χ1v) is 8.11. The Morgan fingerprint density at radius 1 is 1.17 bits per heavy atom. The number of nitrogens with zero attached hydrogens (tertiary/aromatic N) is 2. The van der Waals surface area contributed by atoms with Gasteiger partial charge in [-0.1, -0.05) is 6.92 Å². The standard InChI is InChI=1S/C12H21N3O2S/c1-5-6-13-7-11-9(2)14-12(15-10(11)3)8-18(4,16)17/h13H,5-8H2,1-4H3. The lowest BCUT2D eigenvalue weighted by molar-refractivity contribution is 0.599. The van der Waals surface area contributed by atoms with Gasteiger partial charge in [-0.15, -0.1) is 0 Å². The quantitative estimate of drug-likeness (QED) is 0.785. The molecule has 0 saturated heterocycles. The molecule has 0 radical (unpaired) electrons. The summed E-state index contributed by atoms with van der Waals surface area (Å²) in [5.41, 5.74) is 2.76. The van der Waals surface area contributed by atoms with Crippen molar-refractivity contribution in [2.24, 2.45) is 0 Å². The van der Waals surface area contributed by atoms with Crippen LogP contribution in [0, 0.1) is 13.8 Å². The van der Waals surface area contributed by atoms with Crippen molar-refractivity contribution < 1.29 is 8.42 Å². The first-order valence-electron chi connectivity index (χ1n) is 6.05. The van der Waals surface area contributed by atoms with Gasteiger partial charge in [0.1, 0.15) is 11.6 Å². The van der Waals surface area contributed by atoms with Gasteiger partial charge in [0.15, 0.2) is 9.84 Å². The van der Waals surface area contributed by atoms with Crippen molar-refractivity contribution in [2.45, 2.75) is 39.5 Å². The minimum absolute atomic E-state index is 0.0999. The zero-order valence-corrected chi connectivity index (χ0v) is 12.3. The van der Waals surface area contributed by atoms with Crippen LogP contribution in [0.25, 0.3) is 0 Å². The van der Waals surface area contributed by atoms with E-state index in [1.54, 1.807) is 0 Å². The van der Waals surface area contributed by atoms with E-state index >= 15 is 0 Å². The van der Waals surface area contributed by atoms with Gasteiger partial charge in [-0.25, -0.2) is 18.4 Å². The summed E-state index contributed by atoms with van der Waals surface area (Å²) >= 11 is 0. The number of nitrogens with one attached hydrogen (secondary N) is 1. The molecule has 0 aliphatic rings. The van der Waals surface area contributed by atoms with E-state index in [9.17, 15) is 8.42 Å². The Morgan fingerprint density at radius 2 is 1.72 bits per heavy atom. The molecule has 18 heavy (non-hydrogen) atoms. The molecule has 1 aromatic heterocycles. The monoisotopic (exact) mass is 271 g/mol. The maximum atomic E-state index is 11.2. The number of hydrogen-bond acceptors (Lipinski definition) is 5. The van der Waals surface area contributed by atoms with Crippen LogP contribution in [0.4, 0.5) is 0 Å². The van der Waals surface area contributed by atoms with Gasteiger partial charge in [-0.3, -0.25) is 0 Å². The molecule has 1 heterocycles. The summed E-state index contributed by atoms with van der Waals surface area (Å²) in [6.45, 7) is 7.57. The van der Waals surface area contributed by atoms with Crippen molar-refractivity contribution in [3.8, 4) is 0 Å². The Kier molecular flexibility index (Phi) is 5.22. The highest BCUT2D eigenvalue weighted by molar-refractivity contribution is 7.89. The number of sulfone groups is 1. The van der Waals surface area contributed by atoms with E-state index in [1.807, 2.05) is 13.8 Å². The van der Waals surface area contributed by atoms with Gasteiger partial charge < -0.3 is 5.32 Å². The molecule has 0 amide bonds. The molecule has 0 atom stereocenters. The molecule has 1 rings (SSSR count). The van der Waals surface area contributed by atoms with Crippen molar-refractivity contribution >= 4 is 9.84 Å². The molecule has 5 nitrogen and oxygen atoms in total. The van der Waals surface area contributed by atoms with E-state index in [-0.39, 0.29) is 5.75 Å². The molecule has 1 aromatic rings. The van der Waals surface area contributed by atoms with E-state index in [2.05, 4.69) is 22.2 Å². The van der Waals surface area contributed by atoms with Gasteiger partial charge in [-0.05, 0) is 26.8 Å². The first-order chi connectivity index (χ1) is 8.33. The topological polar surface area (TPSA) is 72.0 Å². The van der Waals surface area contributed by atoms with Crippen molar-refractivity contribution in [3.05, 3.63) is 22.8 Å². The second kappa shape index (κ2) is 6.24. The normalized spacial score (nSPS) is 11.8. The minimum atomic E-state index is -3.09. The summed E-state index contributed by atoms with van der Waals surface area (Å²) < 4.78 is 22.5. The van der Waals surface area contributed by atoms with E-state index in [0.29, 0.717) is 5.82 Å². The van der Waals surface area contributed by atoms with E-state index < -0.39 is 9.84 Å². The number of rotatable bonds is 6. The van der Waals surface area contributed by atoms with Gasteiger partial charge in [-0.2, -0.15) is 0 Å². The van der Waals surface area contributed by atoms with Gasteiger partial charge in [0.2, 0.25) is 0 Å². The highest BCUT2D eigenvalue weighted by Gasteiger charge is 2.12. The molecule has 0 bridgehead atoms. The number of aromatic nitrogens is 2. The second-order valence-corrected chi connectivity index (χ2v) is 6.68. The molecular weight excluding hydrogens is 250 g/mol. The highest BCUT2D eigenvalue weighted by Crippen LogP contribution is 2.11. The van der Waals surface area contributed by atoms with Crippen molar-refractivity contribution in [2.75, 3.05) is 12.8 Å². The van der Waals surface area contributed by atoms with Gasteiger partial charge in [0.25, 0.3) is 0 Å². The summed E-state index contributed by atoms with van der Waals surface area (Å²) in [5.74, 6) is 0.281. The molecular formula is C12H21N3O2S. The van der Waals surface area contributed by atoms with Crippen LogP contribution in [0.5, 0.6) is 0 Å². The lowest BCUT2D eigenvalue weighted by Gasteiger charge is -2.11. The maximum absolute atomic E-state index is 11.2. The van der Waals surface area contributed by atoms with Crippen molar-refractivity contribution in [1.29, 1.82) is 0 Å². The fourth-order valence-electron chi connectivity index (χ4n) is 1.75. The molecule has 0 spiro atoms. The average Bonchev–Trinajstić information content (AvgIpc) is 2.19. The van der Waals surface area contributed by atoms with Gasteiger partial charge in [0, 0.05) is 29.8 Å².